The second-order valence-corrected chi connectivity index (χ2v) is 3.53. The SMILES string of the molecule is COP(=O)(O)Oc1coc(C=O)c1. The second kappa shape index (κ2) is 3.74. The molecule has 1 aromatic heterocycles. The number of rotatable bonds is 4. The van der Waals surface area contributed by atoms with Gasteiger partial charge in [0.25, 0.3) is 0 Å². The lowest BCUT2D eigenvalue weighted by atomic mass is 10.5. The van der Waals surface area contributed by atoms with E-state index in [0.29, 0.717) is 6.29 Å². The lowest BCUT2D eigenvalue weighted by Crippen LogP contribution is -1.92. The van der Waals surface area contributed by atoms with E-state index >= 15 is 0 Å². The first-order valence-electron chi connectivity index (χ1n) is 3.19. The Labute approximate surface area is 73.7 Å². The van der Waals surface area contributed by atoms with Gasteiger partial charge in [-0.15, -0.1) is 0 Å². The maximum atomic E-state index is 10.8. The molecule has 0 bridgehead atoms. The molecule has 0 saturated carbocycles. The smallest absolute Gasteiger partial charge is 0.458 e. The third-order valence-corrected chi connectivity index (χ3v) is 2.07. The van der Waals surface area contributed by atoms with E-state index < -0.39 is 7.82 Å². The van der Waals surface area contributed by atoms with Gasteiger partial charge < -0.3 is 8.94 Å². The highest BCUT2D eigenvalue weighted by atomic mass is 31.2. The molecule has 1 heterocycles. The van der Waals surface area contributed by atoms with Crippen molar-refractivity contribution in [2.45, 2.75) is 0 Å². The Morgan fingerprint density at radius 3 is 2.85 bits per heavy atom. The van der Waals surface area contributed by atoms with Crippen molar-refractivity contribution >= 4 is 14.1 Å². The first-order valence-corrected chi connectivity index (χ1v) is 4.69. The Kier molecular flexibility index (Phi) is 2.87. The van der Waals surface area contributed by atoms with E-state index in [1.54, 1.807) is 0 Å². The summed E-state index contributed by atoms with van der Waals surface area (Å²) >= 11 is 0. The molecule has 1 N–H and O–H groups in total. The molecule has 13 heavy (non-hydrogen) atoms. The Morgan fingerprint density at radius 1 is 1.69 bits per heavy atom. The first-order chi connectivity index (χ1) is 6.07. The molecule has 0 aliphatic heterocycles. The fourth-order valence-electron chi connectivity index (χ4n) is 0.615. The summed E-state index contributed by atoms with van der Waals surface area (Å²) in [7, 11) is -3.04. The van der Waals surface area contributed by atoms with E-state index in [2.05, 4.69) is 13.5 Å². The summed E-state index contributed by atoms with van der Waals surface area (Å²) in [6.07, 6.45) is 1.48. The van der Waals surface area contributed by atoms with Crippen molar-refractivity contribution in [3.63, 3.8) is 0 Å². The zero-order chi connectivity index (χ0) is 9.90. The second-order valence-electron chi connectivity index (χ2n) is 2.05. The Morgan fingerprint density at radius 2 is 2.38 bits per heavy atom. The van der Waals surface area contributed by atoms with Crippen LogP contribution in [0.15, 0.2) is 16.7 Å². The average molecular weight is 206 g/mol. The Hall–Kier alpha value is -1.10. The highest BCUT2D eigenvalue weighted by Gasteiger charge is 2.21. The van der Waals surface area contributed by atoms with Crippen LogP contribution in [0.1, 0.15) is 10.6 Å². The zero-order valence-corrected chi connectivity index (χ0v) is 7.56. The summed E-state index contributed by atoms with van der Waals surface area (Å²) in [4.78, 5) is 19.0. The molecule has 0 amide bonds. The minimum Gasteiger partial charge on any atom is -0.458 e. The van der Waals surface area contributed by atoms with Crippen LogP contribution in [-0.4, -0.2) is 18.3 Å². The molecule has 1 atom stereocenters. The van der Waals surface area contributed by atoms with Crippen molar-refractivity contribution in [3.05, 3.63) is 18.1 Å². The fourth-order valence-corrected chi connectivity index (χ4v) is 1.05. The summed E-state index contributed by atoms with van der Waals surface area (Å²) in [5.74, 6) is -0.0270. The van der Waals surface area contributed by atoms with Crippen molar-refractivity contribution in [1.82, 2.24) is 0 Å². The van der Waals surface area contributed by atoms with Gasteiger partial charge in [0.1, 0.15) is 6.26 Å². The van der Waals surface area contributed by atoms with Crippen molar-refractivity contribution < 1.29 is 27.7 Å². The van der Waals surface area contributed by atoms with Crippen LogP contribution in [0.2, 0.25) is 0 Å². The van der Waals surface area contributed by atoms with Crippen molar-refractivity contribution in [2.24, 2.45) is 0 Å². The number of hydrogen-bond acceptors (Lipinski definition) is 5. The van der Waals surface area contributed by atoms with Crippen LogP contribution in [0.4, 0.5) is 0 Å². The summed E-state index contributed by atoms with van der Waals surface area (Å²) in [6, 6.07) is 1.18. The normalized spacial score (nSPS) is 14.9. The Bertz CT molecular complexity index is 343. The highest BCUT2D eigenvalue weighted by Crippen LogP contribution is 2.42. The van der Waals surface area contributed by atoms with Crippen molar-refractivity contribution in [2.75, 3.05) is 7.11 Å². The molecule has 1 aromatic rings. The number of hydrogen-bond donors (Lipinski definition) is 1. The van der Waals surface area contributed by atoms with Crippen LogP contribution in [0, 0.1) is 0 Å². The molecule has 0 aliphatic carbocycles. The van der Waals surface area contributed by atoms with Crippen molar-refractivity contribution in [1.29, 1.82) is 0 Å². The minimum absolute atomic E-state index is 0.00565. The minimum atomic E-state index is -4.07. The van der Waals surface area contributed by atoms with Crippen LogP contribution < -0.4 is 4.52 Å². The maximum Gasteiger partial charge on any atom is 0.527 e. The lowest BCUT2D eigenvalue weighted by Gasteiger charge is -2.06. The van der Waals surface area contributed by atoms with Gasteiger partial charge in [0, 0.05) is 13.2 Å². The van der Waals surface area contributed by atoms with Gasteiger partial charge in [0.2, 0.25) is 0 Å². The molecule has 6 nitrogen and oxygen atoms in total. The predicted molar refractivity (Wildman–Crippen MR) is 41.6 cm³/mol. The molecular weight excluding hydrogens is 199 g/mol. The van der Waals surface area contributed by atoms with E-state index in [0.717, 1.165) is 13.4 Å². The van der Waals surface area contributed by atoms with Crippen molar-refractivity contribution in [3.8, 4) is 5.75 Å². The molecule has 0 spiro atoms. The number of furan rings is 1. The van der Waals surface area contributed by atoms with Crippen LogP contribution in [0.5, 0.6) is 5.75 Å². The van der Waals surface area contributed by atoms with Gasteiger partial charge in [-0.1, -0.05) is 0 Å². The van der Waals surface area contributed by atoms with Crippen LogP contribution in [-0.2, 0) is 9.09 Å². The van der Waals surface area contributed by atoms with Crippen LogP contribution >= 0.6 is 7.82 Å². The van der Waals surface area contributed by atoms with E-state index in [9.17, 15) is 9.36 Å². The number of carbonyl (C=O) groups is 1. The molecule has 72 valence electrons. The van der Waals surface area contributed by atoms with E-state index in [-0.39, 0.29) is 11.5 Å². The third kappa shape index (κ3) is 2.69. The summed E-state index contributed by atoms with van der Waals surface area (Å²) in [5, 5.41) is 0. The highest BCUT2D eigenvalue weighted by molar-refractivity contribution is 7.47. The van der Waals surface area contributed by atoms with Crippen LogP contribution in [0.3, 0.4) is 0 Å². The molecule has 1 rings (SSSR count). The topological polar surface area (TPSA) is 86.0 Å². The number of phosphoric acid groups is 1. The third-order valence-electron chi connectivity index (χ3n) is 1.16. The number of aldehydes is 1. The van der Waals surface area contributed by atoms with Crippen LogP contribution in [0.25, 0.3) is 0 Å². The lowest BCUT2D eigenvalue weighted by molar-refractivity contribution is 0.110. The molecule has 0 aromatic carbocycles. The largest absolute Gasteiger partial charge is 0.527 e. The zero-order valence-electron chi connectivity index (χ0n) is 6.67. The summed E-state index contributed by atoms with van der Waals surface area (Å²) in [5.41, 5.74) is 0. The molecule has 0 saturated heterocycles. The van der Waals surface area contributed by atoms with E-state index in [1.165, 1.54) is 6.07 Å². The van der Waals surface area contributed by atoms with Gasteiger partial charge in [0.05, 0.1) is 0 Å². The maximum absolute atomic E-state index is 10.8. The van der Waals surface area contributed by atoms with Gasteiger partial charge >= 0.3 is 7.82 Å². The molecule has 7 heteroatoms. The number of carbonyl (C=O) groups excluding carboxylic acids is 1. The quantitative estimate of drug-likeness (QED) is 0.588. The molecule has 0 radical (unpaired) electrons. The summed E-state index contributed by atoms with van der Waals surface area (Å²) in [6.45, 7) is 0. The van der Waals surface area contributed by atoms with Gasteiger partial charge in [0.15, 0.2) is 17.8 Å². The van der Waals surface area contributed by atoms with Gasteiger partial charge in [-0.2, -0.15) is 0 Å². The van der Waals surface area contributed by atoms with Gasteiger partial charge in [-0.05, 0) is 0 Å². The first kappa shape index (κ1) is 9.98. The van der Waals surface area contributed by atoms with E-state index in [1.807, 2.05) is 0 Å². The summed E-state index contributed by atoms with van der Waals surface area (Å²) < 4.78 is 24.1. The van der Waals surface area contributed by atoms with Gasteiger partial charge in [-0.25, -0.2) is 4.57 Å². The Balaban J connectivity index is 2.74. The molecular formula is C6H7O6P. The monoisotopic (exact) mass is 206 g/mol. The van der Waals surface area contributed by atoms with Gasteiger partial charge in [-0.3, -0.25) is 14.2 Å². The number of phosphoric ester groups is 1. The fraction of sp³-hybridized carbons (Fsp3) is 0.167. The molecule has 1 unspecified atom stereocenters. The molecule has 0 fully saturated rings. The van der Waals surface area contributed by atoms with E-state index in [4.69, 9.17) is 4.89 Å². The predicted octanol–water partition coefficient (Wildman–Crippen LogP) is 1.22. The molecule has 0 aliphatic rings. The average Bonchev–Trinajstić information content (AvgIpc) is 2.52. The standard InChI is InChI=1S/C6H7O6P/c1-10-13(8,9)12-6-2-5(3-7)11-4-6/h2-4H,1H3,(H,8,9).